The molecule has 0 aliphatic heterocycles. The van der Waals surface area contributed by atoms with E-state index in [-0.39, 0.29) is 0 Å². The summed E-state index contributed by atoms with van der Waals surface area (Å²) in [5, 5.41) is 7.81. The van der Waals surface area contributed by atoms with Crippen molar-refractivity contribution in [3.8, 4) is 0 Å². The first kappa shape index (κ1) is 7.25. The summed E-state index contributed by atoms with van der Waals surface area (Å²) < 4.78 is 2.07. The summed E-state index contributed by atoms with van der Waals surface area (Å²) in [4.78, 5) is 0. The van der Waals surface area contributed by atoms with Crippen molar-refractivity contribution in [2.75, 3.05) is 0 Å². The summed E-state index contributed by atoms with van der Waals surface area (Å²) >= 11 is 0. The SMILES string of the molecule is CCCc1nncn1CC. The highest BCUT2D eigenvalue weighted by atomic mass is 15.3. The van der Waals surface area contributed by atoms with Gasteiger partial charge in [-0.1, -0.05) is 6.92 Å². The lowest BCUT2D eigenvalue weighted by Gasteiger charge is -1.98. The maximum atomic E-state index is 3.99. The number of aromatic nitrogens is 3. The standard InChI is InChI=1S/C7H13N3/c1-3-5-7-9-8-6-10(7)4-2/h6H,3-5H2,1-2H3. The van der Waals surface area contributed by atoms with Crippen LogP contribution in [0.4, 0.5) is 0 Å². The first-order valence-corrected chi connectivity index (χ1v) is 3.75. The van der Waals surface area contributed by atoms with E-state index in [4.69, 9.17) is 0 Å². The molecule has 0 radical (unpaired) electrons. The van der Waals surface area contributed by atoms with Gasteiger partial charge < -0.3 is 4.57 Å². The highest BCUT2D eigenvalue weighted by Gasteiger charge is 1.98. The Hall–Kier alpha value is -0.860. The second kappa shape index (κ2) is 3.34. The van der Waals surface area contributed by atoms with Gasteiger partial charge in [0.15, 0.2) is 0 Å². The summed E-state index contributed by atoms with van der Waals surface area (Å²) in [6.45, 7) is 5.22. The molecule has 0 aliphatic carbocycles. The van der Waals surface area contributed by atoms with Crippen molar-refractivity contribution in [2.24, 2.45) is 0 Å². The Labute approximate surface area is 61.1 Å². The minimum Gasteiger partial charge on any atom is -0.318 e. The van der Waals surface area contributed by atoms with Gasteiger partial charge in [0.1, 0.15) is 12.2 Å². The maximum absolute atomic E-state index is 3.99. The van der Waals surface area contributed by atoms with E-state index in [0.29, 0.717) is 0 Å². The lowest BCUT2D eigenvalue weighted by molar-refractivity contribution is 0.683. The molecule has 0 saturated heterocycles. The Balaban J connectivity index is 2.70. The van der Waals surface area contributed by atoms with E-state index < -0.39 is 0 Å². The van der Waals surface area contributed by atoms with Crippen LogP contribution in [-0.4, -0.2) is 14.8 Å². The molecule has 0 spiro atoms. The molecule has 0 saturated carbocycles. The van der Waals surface area contributed by atoms with Crippen LogP contribution in [0.2, 0.25) is 0 Å². The van der Waals surface area contributed by atoms with Gasteiger partial charge in [0.2, 0.25) is 0 Å². The van der Waals surface area contributed by atoms with Crippen molar-refractivity contribution in [3.63, 3.8) is 0 Å². The minimum absolute atomic E-state index is 0.975. The Kier molecular flexibility index (Phi) is 2.42. The van der Waals surface area contributed by atoms with Crippen LogP contribution in [0.3, 0.4) is 0 Å². The Morgan fingerprint density at radius 2 is 2.30 bits per heavy atom. The Morgan fingerprint density at radius 1 is 1.50 bits per heavy atom. The summed E-state index contributed by atoms with van der Waals surface area (Å²) in [5.41, 5.74) is 0. The van der Waals surface area contributed by atoms with E-state index in [1.807, 2.05) is 0 Å². The van der Waals surface area contributed by atoms with Crippen LogP contribution in [0.1, 0.15) is 26.1 Å². The zero-order chi connectivity index (χ0) is 7.40. The fourth-order valence-electron chi connectivity index (χ4n) is 0.960. The van der Waals surface area contributed by atoms with Crippen LogP contribution in [0.25, 0.3) is 0 Å². The molecule has 0 aliphatic rings. The molecular weight excluding hydrogens is 126 g/mol. The fraction of sp³-hybridized carbons (Fsp3) is 0.714. The molecule has 0 unspecified atom stereocenters. The normalized spacial score (nSPS) is 10.2. The van der Waals surface area contributed by atoms with Gasteiger partial charge in [0, 0.05) is 13.0 Å². The summed E-state index contributed by atoms with van der Waals surface area (Å²) in [6.07, 6.45) is 3.96. The zero-order valence-corrected chi connectivity index (χ0v) is 6.54. The van der Waals surface area contributed by atoms with E-state index in [0.717, 1.165) is 25.2 Å². The molecule has 0 fully saturated rings. The van der Waals surface area contributed by atoms with Crippen molar-refractivity contribution in [2.45, 2.75) is 33.2 Å². The number of nitrogens with zero attached hydrogens (tertiary/aromatic N) is 3. The number of hydrogen-bond acceptors (Lipinski definition) is 2. The van der Waals surface area contributed by atoms with Crippen LogP contribution in [0.5, 0.6) is 0 Å². The highest BCUT2D eigenvalue weighted by Crippen LogP contribution is 1.97. The lowest BCUT2D eigenvalue weighted by Crippen LogP contribution is -1.99. The molecule has 0 bridgehead atoms. The van der Waals surface area contributed by atoms with Crippen molar-refractivity contribution in [3.05, 3.63) is 12.2 Å². The van der Waals surface area contributed by atoms with Crippen LogP contribution < -0.4 is 0 Å². The summed E-state index contributed by atoms with van der Waals surface area (Å²) in [7, 11) is 0. The molecule has 56 valence electrons. The van der Waals surface area contributed by atoms with Crippen molar-refractivity contribution >= 4 is 0 Å². The third-order valence-corrected chi connectivity index (χ3v) is 1.51. The average molecular weight is 139 g/mol. The highest BCUT2D eigenvalue weighted by molar-refractivity contribution is 4.84. The van der Waals surface area contributed by atoms with Gasteiger partial charge in [0.05, 0.1) is 0 Å². The maximum Gasteiger partial charge on any atom is 0.132 e. The van der Waals surface area contributed by atoms with Crippen molar-refractivity contribution in [1.29, 1.82) is 0 Å². The fourth-order valence-corrected chi connectivity index (χ4v) is 0.960. The van der Waals surface area contributed by atoms with E-state index >= 15 is 0 Å². The van der Waals surface area contributed by atoms with Crippen molar-refractivity contribution in [1.82, 2.24) is 14.8 Å². The second-order valence-corrected chi connectivity index (χ2v) is 2.28. The summed E-state index contributed by atoms with van der Waals surface area (Å²) in [6, 6.07) is 0. The van der Waals surface area contributed by atoms with Crippen LogP contribution >= 0.6 is 0 Å². The predicted octanol–water partition coefficient (Wildman–Crippen LogP) is 1.25. The number of rotatable bonds is 3. The molecule has 3 heteroatoms. The molecule has 0 amide bonds. The second-order valence-electron chi connectivity index (χ2n) is 2.28. The molecular formula is C7H13N3. The minimum atomic E-state index is 0.975. The molecule has 0 aromatic carbocycles. The third kappa shape index (κ3) is 1.35. The van der Waals surface area contributed by atoms with E-state index in [1.54, 1.807) is 6.33 Å². The lowest BCUT2D eigenvalue weighted by atomic mass is 10.3. The van der Waals surface area contributed by atoms with Gasteiger partial charge in [0.25, 0.3) is 0 Å². The Bertz CT molecular complexity index is 192. The molecule has 1 aromatic heterocycles. The molecule has 10 heavy (non-hydrogen) atoms. The average Bonchev–Trinajstić information content (AvgIpc) is 2.36. The van der Waals surface area contributed by atoms with Crippen LogP contribution in [0.15, 0.2) is 6.33 Å². The summed E-state index contributed by atoms with van der Waals surface area (Å²) in [5.74, 6) is 1.10. The first-order chi connectivity index (χ1) is 4.88. The monoisotopic (exact) mass is 139 g/mol. The van der Waals surface area contributed by atoms with Gasteiger partial charge in [-0.15, -0.1) is 10.2 Å². The van der Waals surface area contributed by atoms with Gasteiger partial charge in [-0.05, 0) is 13.3 Å². The molecule has 0 atom stereocenters. The molecule has 1 rings (SSSR count). The molecule has 3 nitrogen and oxygen atoms in total. The van der Waals surface area contributed by atoms with Crippen molar-refractivity contribution < 1.29 is 0 Å². The van der Waals surface area contributed by atoms with Gasteiger partial charge in [-0.3, -0.25) is 0 Å². The third-order valence-electron chi connectivity index (χ3n) is 1.51. The van der Waals surface area contributed by atoms with E-state index in [2.05, 4.69) is 28.6 Å². The molecule has 0 N–H and O–H groups in total. The van der Waals surface area contributed by atoms with Gasteiger partial charge in [-0.2, -0.15) is 0 Å². The predicted molar refractivity (Wildman–Crippen MR) is 39.7 cm³/mol. The van der Waals surface area contributed by atoms with Gasteiger partial charge >= 0.3 is 0 Å². The first-order valence-electron chi connectivity index (χ1n) is 3.75. The van der Waals surface area contributed by atoms with Gasteiger partial charge in [-0.25, -0.2) is 0 Å². The van der Waals surface area contributed by atoms with E-state index in [1.165, 1.54) is 0 Å². The number of hydrogen-bond donors (Lipinski definition) is 0. The molecule has 1 heterocycles. The zero-order valence-electron chi connectivity index (χ0n) is 6.54. The molecule has 1 aromatic rings. The smallest absolute Gasteiger partial charge is 0.132 e. The quantitative estimate of drug-likeness (QED) is 0.631. The Morgan fingerprint density at radius 3 is 2.90 bits per heavy atom. The van der Waals surface area contributed by atoms with Crippen LogP contribution in [-0.2, 0) is 13.0 Å². The van der Waals surface area contributed by atoms with E-state index in [9.17, 15) is 0 Å². The topological polar surface area (TPSA) is 30.7 Å². The van der Waals surface area contributed by atoms with Crippen LogP contribution in [0, 0.1) is 0 Å². The number of aryl methyl sites for hydroxylation is 2. The largest absolute Gasteiger partial charge is 0.318 e.